The molecule has 0 fully saturated rings. The summed E-state index contributed by atoms with van der Waals surface area (Å²) in [6.07, 6.45) is 0. The third kappa shape index (κ3) is 4.66. The van der Waals surface area contributed by atoms with Gasteiger partial charge in [0.2, 0.25) is 0 Å². The van der Waals surface area contributed by atoms with Crippen molar-refractivity contribution < 1.29 is 4.39 Å². The Morgan fingerprint density at radius 2 is 2.05 bits per heavy atom. The maximum atomic E-state index is 13.1. The van der Waals surface area contributed by atoms with E-state index in [2.05, 4.69) is 26.6 Å². The zero-order valence-corrected chi connectivity index (χ0v) is 14.4. The van der Waals surface area contributed by atoms with E-state index in [9.17, 15) is 4.39 Å². The van der Waals surface area contributed by atoms with E-state index in [1.54, 1.807) is 18.2 Å². The Labute approximate surface area is 141 Å². The molecule has 0 bridgehead atoms. The van der Waals surface area contributed by atoms with Crippen LogP contribution in [0.4, 0.5) is 10.1 Å². The summed E-state index contributed by atoms with van der Waals surface area (Å²) in [5.74, 6) is -0.281. The zero-order valence-electron chi connectivity index (χ0n) is 11.2. The highest BCUT2D eigenvalue weighted by molar-refractivity contribution is 9.10. The number of anilines is 1. The van der Waals surface area contributed by atoms with Crippen LogP contribution in [0.5, 0.6) is 0 Å². The van der Waals surface area contributed by atoms with E-state index in [0.29, 0.717) is 21.2 Å². The Balaban J connectivity index is 1.94. The molecule has 0 aliphatic heterocycles. The maximum Gasteiger partial charge on any atom is 0.171 e. The molecule has 21 heavy (non-hydrogen) atoms. The van der Waals surface area contributed by atoms with Crippen molar-refractivity contribution in [2.75, 3.05) is 5.32 Å². The van der Waals surface area contributed by atoms with Crippen LogP contribution in [-0.2, 0) is 6.54 Å². The minimum atomic E-state index is -0.281. The van der Waals surface area contributed by atoms with Gasteiger partial charge in [-0.2, -0.15) is 0 Å². The van der Waals surface area contributed by atoms with Crippen molar-refractivity contribution in [2.24, 2.45) is 0 Å². The molecule has 0 saturated carbocycles. The van der Waals surface area contributed by atoms with E-state index in [1.165, 1.54) is 6.07 Å². The lowest BCUT2D eigenvalue weighted by Crippen LogP contribution is -2.28. The van der Waals surface area contributed by atoms with Crippen LogP contribution in [0.15, 0.2) is 40.9 Å². The number of hydrogen-bond acceptors (Lipinski definition) is 1. The molecule has 2 N–H and O–H groups in total. The van der Waals surface area contributed by atoms with Crippen LogP contribution in [0.1, 0.15) is 11.1 Å². The molecule has 2 rings (SSSR count). The number of halogens is 3. The summed E-state index contributed by atoms with van der Waals surface area (Å²) in [6.45, 7) is 2.46. The van der Waals surface area contributed by atoms with Crippen LogP contribution in [-0.4, -0.2) is 5.11 Å². The number of aryl methyl sites for hydroxylation is 1. The van der Waals surface area contributed by atoms with Gasteiger partial charge in [-0.1, -0.05) is 17.7 Å². The van der Waals surface area contributed by atoms with Crippen molar-refractivity contribution in [2.45, 2.75) is 13.5 Å². The fraction of sp³-hybridized carbons (Fsp3) is 0.133. The van der Waals surface area contributed by atoms with Crippen LogP contribution in [0.2, 0.25) is 5.02 Å². The second-order valence-corrected chi connectivity index (χ2v) is 6.21. The number of hydrogen-bond donors (Lipinski definition) is 2. The summed E-state index contributed by atoms with van der Waals surface area (Å²) in [4.78, 5) is 0. The molecule has 6 heteroatoms. The van der Waals surface area contributed by atoms with Gasteiger partial charge in [0, 0.05) is 17.3 Å². The van der Waals surface area contributed by atoms with Gasteiger partial charge in [0.05, 0.1) is 4.47 Å². The monoisotopic (exact) mass is 386 g/mol. The van der Waals surface area contributed by atoms with Gasteiger partial charge in [0.15, 0.2) is 5.11 Å². The molecule has 2 nitrogen and oxygen atoms in total. The van der Waals surface area contributed by atoms with E-state index in [-0.39, 0.29) is 5.82 Å². The standard InChI is InChI=1S/C15H13BrClFN2S/c1-9-6-11(17)3-5-14(9)20-15(21)19-8-10-2-4-13(18)12(16)7-10/h2-7H,8H2,1H3,(H2,19,20,21). The third-order valence-corrected chi connectivity index (χ3v) is 3.96. The van der Waals surface area contributed by atoms with Gasteiger partial charge in [-0.3, -0.25) is 0 Å². The highest BCUT2D eigenvalue weighted by Crippen LogP contribution is 2.20. The molecular weight excluding hydrogens is 375 g/mol. The molecule has 0 atom stereocenters. The van der Waals surface area contributed by atoms with Gasteiger partial charge in [-0.25, -0.2) is 4.39 Å². The van der Waals surface area contributed by atoms with Crippen LogP contribution in [0, 0.1) is 12.7 Å². The smallest absolute Gasteiger partial charge is 0.171 e. The first-order valence-electron chi connectivity index (χ1n) is 6.20. The molecule has 0 aromatic heterocycles. The van der Waals surface area contributed by atoms with Crippen LogP contribution in [0.25, 0.3) is 0 Å². The molecular formula is C15H13BrClFN2S. The Morgan fingerprint density at radius 1 is 1.29 bits per heavy atom. The quantitative estimate of drug-likeness (QED) is 0.722. The van der Waals surface area contributed by atoms with Crippen LogP contribution < -0.4 is 10.6 Å². The van der Waals surface area contributed by atoms with Crippen molar-refractivity contribution in [3.05, 3.63) is 62.8 Å². The van der Waals surface area contributed by atoms with Crippen molar-refractivity contribution in [3.63, 3.8) is 0 Å². The largest absolute Gasteiger partial charge is 0.358 e. The van der Waals surface area contributed by atoms with Gasteiger partial charge in [0.25, 0.3) is 0 Å². The van der Waals surface area contributed by atoms with Crippen LogP contribution >= 0.6 is 39.7 Å². The molecule has 0 unspecified atom stereocenters. The van der Waals surface area contributed by atoms with E-state index in [0.717, 1.165) is 16.8 Å². The average molecular weight is 388 g/mol. The first-order valence-corrected chi connectivity index (χ1v) is 7.78. The topological polar surface area (TPSA) is 24.1 Å². The lowest BCUT2D eigenvalue weighted by molar-refractivity contribution is 0.620. The number of nitrogens with one attached hydrogen (secondary N) is 2. The summed E-state index contributed by atoms with van der Waals surface area (Å²) in [7, 11) is 0. The second-order valence-electron chi connectivity index (χ2n) is 4.52. The fourth-order valence-corrected chi connectivity index (χ4v) is 2.60. The molecule has 0 aliphatic rings. The van der Waals surface area contributed by atoms with E-state index < -0.39 is 0 Å². The molecule has 2 aromatic carbocycles. The summed E-state index contributed by atoms with van der Waals surface area (Å²) >= 11 is 14.3. The van der Waals surface area contributed by atoms with E-state index in [1.807, 2.05) is 19.1 Å². The Bertz CT molecular complexity index is 679. The van der Waals surface area contributed by atoms with Crippen molar-refractivity contribution in [1.29, 1.82) is 0 Å². The predicted octanol–water partition coefficient (Wildman–Crippen LogP) is 5.04. The second kappa shape index (κ2) is 7.20. The normalized spacial score (nSPS) is 10.3. The van der Waals surface area contributed by atoms with Crippen molar-refractivity contribution in [1.82, 2.24) is 5.32 Å². The lowest BCUT2D eigenvalue weighted by Gasteiger charge is -2.13. The summed E-state index contributed by atoms with van der Waals surface area (Å²) in [5, 5.41) is 7.38. The van der Waals surface area contributed by atoms with Crippen molar-refractivity contribution >= 4 is 50.5 Å². The fourth-order valence-electron chi connectivity index (χ4n) is 1.77. The maximum absolute atomic E-state index is 13.1. The highest BCUT2D eigenvalue weighted by atomic mass is 79.9. The van der Waals surface area contributed by atoms with E-state index in [4.69, 9.17) is 23.8 Å². The third-order valence-electron chi connectivity index (χ3n) is 2.87. The number of benzene rings is 2. The van der Waals surface area contributed by atoms with E-state index >= 15 is 0 Å². The Hall–Kier alpha value is -1.17. The first kappa shape index (κ1) is 16.2. The molecule has 0 spiro atoms. The van der Waals surface area contributed by atoms with Gasteiger partial charge >= 0.3 is 0 Å². The molecule has 0 aliphatic carbocycles. The molecule has 2 aromatic rings. The Kier molecular flexibility index (Phi) is 5.56. The first-order chi connectivity index (χ1) is 9.95. The van der Waals surface area contributed by atoms with Gasteiger partial charge < -0.3 is 10.6 Å². The highest BCUT2D eigenvalue weighted by Gasteiger charge is 2.04. The number of thiocarbonyl (C=S) groups is 1. The predicted molar refractivity (Wildman–Crippen MR) is 93.3 cm³/mol. The van der Waals surface area contributed by atoms with Gasteiger partial charge in [-0.15, -0.1) is 0 Å². The van der Waals surface area contributed by atoms with Crippen LogP contribution in [0.3, 0.4) is 0 Å². The molecule has 110 valence electrons. The van der Waals surface area contributed by atoms with Gasteiger partial charge in [-0.05, 0) is 76.5 Å². The number of rotatable bonds is 3. The Morgan fingerprint density at radius 3 is 2.71 bits per heavy atom. The lowest BCUT2D eigenvalue weighted by atomic mass is 10.2. The molecule has 0 amide bonds. The zero-order chi connectivity index (χ0) is 15.4. The minimum Gasteiger partial charge on any atom is -0.358 e. The van der Waals surface area contributed by atoms with Crippen molar-refractivity contribution in [3.8, 4) is 0 Å². The average Bonchev–Trinajstić information content (AvgIpc) is 2.43. The molecule has 0 saturated heterocycles. The SMILES string of the molecule is Cc1cc(Cl)ccc1NC(=S)NCc1ccc(F)c(Br)c1. The summed E-state index contributed by atoms with van der Waals surface area (Å²) < 4.78 is 13.6. The molecule has 0 radical (unpaired) electrons. The summed E-state index contributed by atoms with van der Waals surface area (Å²) in [5.41, 5.74) is 2.84. The molecule has 0 heterocycles. The summed E-state index contributed by atoms with van der Waals surface area (Å²) in [6, 6.07) is 10.4. The van der Waals surface area contributed by atoms with Gasteiger partial charge in [0.1, 0.15) is 5.82 Å². The minimum absolute atomic E-state index is 0.281.